The maximum Gasteiger partial charge on any atom is 0.239 e. The number of ether oxygens (including phenoxy) is 6. The van der Waals surface area contributed by atoms with Crippen LogP contribution >= 0.6 is 0 Å². The molecule has 2 aromatic carbocycles. The highest BCUT2D eigenvalue weighted by atomic mass is 16.8. The minimum Gasteiger partial charge on any atom is -0.508 e. The zero-order valence-corrected chi connectivity index (χ0v) is 26.6. The van der Waals surface area contributed by atoms with Crippen LogP contribution in [0, 0.1) is 0 Å². The minimum absolute atomic E-state index is 0.129. The molecule has 0 radical (unpaired) electrons. The monoisotopic (exact) mass is 726 g/mol. The highest BCUT2D eigenvalue weighted by Crippen LogP contribution is 2.38. The lowest BCUT2D eigenvalue weighted by molar-refractivity contribution is -0.360. The summed E-state index contributed by atoms with van der Waals surface area (Å²) < 4.78 is 39.7. The Balaban J connectivity index is 1.30. The Hall–Kier alpha value is -3.67. The van der Waals surface area contributed by atoms with Crippen molar-refractivity contribution in [1.29, 1.82) is 0 Å². The molecule has 0 unspecified atom stereocenters. The van der Waals surface area contributed by atoms with Crippen molar-refractivity contribution >= 4 is 11.0 Å². The molecule has 4 heterocycles. The predicted octanol–water partition coefficient (Wildman–Crippen LogP) is -2.93. The second-order valence-electron chi connectivity index (χ2n) is 12.5. The van der Waals surface area contributed by atoms with Gasteiger partial charge in [0.05, 0.1) is 19.3 Å². The number of aromatic hydroxyl groups is 3. The quantitative estimate of drug-likeness (QED) is 0.111. The third-order valence-electron chi connectivity index (χ3n) is 8.90. The molecule has 14 atom stereocenters. The number of fused-ring (bicyclic) bond motifs is 1. The van der Waals surface area contributed by atoms with Gasteiger partial charge in [-0.3, -0.25) is 4.79 Å². The zero-order chi connectivity index (χ0) is 36.9. The average Bonchev–Trinajstić information content (AvgIpc) is 3.09. The lowest BCUT2D eigenvalue weighted by Gasteiger charge is -2.46. The first-order chi connectivity index (χ1) is 24.2. The molecule has 0 bridgehead atoms. The molecule has 3 fully saturated rings. The van der Waals surface area contributed by atoms with Gasteiger partial charge in [-0.2, -0.15) is 0 Å². The number of aliphatic hydroxyl groups excluding tert-OH is 8. The molecule has 280 valence electrons. The topological polar surface area (TPSA) is 308 Å². The van der Waals surface area contributed by atoms with Gasteiger partial charge in [0.25, 0.3) is 0 Å². The Morgan fingerprint density at radius 3 is 2.14 bits per heavy atom. The van der Waals surface area contributed by atoms with E-state index in [1.165, 1.54) is 31.2 Å². The minimum atomic E-state index is -1.99. The fraction of sp³-hybridized carbons (Fsp3) is 0.531. The molecule has 3 aliphatic heterocycles. The molecule has 0 aliphatic carbocycles. The largest absolute Gasteiger partial charge is 0.508 e. The average molecular weight is 727 g/mol. The van der Waals surface area contributed by atoms with Crippen molar-refractivity contribution in [2.45, 2.75) is 92.9 Å². The van der Waals surface area contributed by atoms with Gasteiger partial charge in [-0.1, -0.05) is 0 Å². The number of hydrogen-bond donors (Lipinski definition) is 11. The summed E-state index contributed by atoms with van der Waals surface area (Å²) in [6.07, 6.45) is -23.6. The Bertz CT molecular complexity index is 1730. The maximum atomic E-state index is 13.9. The van der Waals surface area contributed by atoms with E-state index in [2.05, 4.69) is 0 Å². The van der Waals surface area contributed by atoms with Crippen LogP contribution in [0.25, 0.3) is 22.3 Å². The molecule has 11 N–H and O–H groups in total. The molecule has 0 spiro atoms. The van der Waals surface area contributed by atoms with E-state index >= 15 is 0 Å². The molecule has 51 heavy (non-hydrogen) atoms. The van der Waals surface area contributed by atoms with Crippen LogP contribution in [-0.4, -0.2) is 155 Å². The van der Waals surface area contributed by atoms with Crippen LogP contribution < -0.4 is 10.2 Å². The second-order valence-corrected chi connectivity index (χ2v) is 12.5. The molecule has 0 saturated carbocycles. The first kappa shape index (κ1) is 37.1. The van der Waals surface area contributed by atoms with E-state index in [4.69, 9.17) is 32.8 Å². The van der Waals surface area contributed by atoms with Crippen LogP contribution in [0.2, 0.25) is 0 Å². The normalized spacial score (nSPS) is 37.4. The van der Waals surface area contributed by atoms with Crippen LogP contribution in [-0.2, 0) is 23.7 Å². The van der Waals surface area contributed by atoms with Crippen LogP contribution in [0.15, 0.2) is 45.6 Å². The smallest absolute Gasteiger partial charge is 0.239 e. The van der Waals surface area contributed by atoms with Gasteiger partial charge in [0.15, 0.2) is 24.4 Å². The third kappa shape index (κ3) is 7.22. The highest BCUT2D eigenvalue weighted by Gasteiger charge is 2.51. The molecule has 3 saturated heterocycles. The van der Waals surface area contributed by atoms with Crippen LogP contribution in [0.3, 0.4) is 0 Å². The van der Waals surface area contributed by atoms with Gasteiger partial charge >= 0.3 is 0 Å². The van der Waals surface area contributed by atoms with Crippen LogP contribution in [0.1, 0.15) is 6.92 Å². The molecular formula is C32H38O19. The van der Waals surface area contributed by atoms with Gasteiger partial charge in [0.2, 0.25) is 17.5 Å². The summed E-state index contributed by atoms with van der Waals surface area (Å²) in [5.41, 5.74) is -1.04. The number of aliphatic hydroxyl groups is 8. The van der Waals surface area contributed by atoms with Gasteiger partial charge in [-0.15, -0.1) is 0 Å². The number of benzene rings is 2. The number of phenols is 3. The van der Waals surface area contributed by atoms with E-state index in [1.807, 2.05) is 0 Å². The van der Waals surface area contributed by atoms with Gasteiger partial charge in [-0.25, -0.2) is 0 Å². The Kier molecular flexibility index (Phi) is 10.7. The third-order valence-corrected chi connectivity index (χ3v) is 8.90. The summed E-state index contributed by atoms with van der Waals surface area (Å²) >= 11 is 0. The van der Waals surface area contributed by atoms with Crippen molar-refractivity contribution in [2.75, 3.05) is 13.2 Å². The van der Waals surface area contributed by atoms with Crippen LogP contribution in [0.5, 0.6) is 23.0 Å². The lowest BCUT2D eigenvalue weighted by atomic mass is 9.97. The van der Waals surface area contributed by atoms with Gasteiger partial charge < -0.3 is 89.0 Å². The van der Waals surface area contributed by atoms with E-state index in [0.29, 0.717) is 0 Å². The first-order valence-corrected chi connectivity index (χ1v) is 15.8. The highest BCUT2D eigenvalue weighted by molar-refractivity contribution is 5.88. The van der Waals surface area contributed by atoms with Crippen molar-refractivity contribution in [3.63, 3.8) is 0 Å². The van der Waals surface area contributed by atoms with Gasteiger partial charge in [0, 0.05) is 17.7 Å². The zero-order valence-electron chi connectivity index (χ0n) is 26.6. The Labute approximate surface area is 287 Å². The fourth-order valence-electron chi connectivity index (χ4n) is 5.97. The van der Waals surface area contributed by atoms with Crippen molar-refractivity contribution in [3.8, 4) is 34.3 Å². The molecule has 0 amide bonds. The molecular weight excluding hydrogens is 688 g/mol. The van der Waals surface area contributed by atoms with Crippen molar-refractivity contribution < 1.29 is 89.0 Å². The van der Waals surface area contributed by atoms with Crippen LogP contribution in [0.4, 0.5) is 0 Å². The summed E-state index contributed by atoms with van der Waals surface area (Å²) in [4.78, 5) is 13.9. The summed E-state index contributed by atoms with van der Waals surface area (Å²) in [5.74, 6) is -2.10. The standard InChI is InChI=1S/C32H38O19/c1-10-19(37)24(42)29(51-31-26(44)23(41)21(39)17(49-31)9-46-30-25(43)20(38)15(36)8-45-30)32(47-10)50-28-22(40)18-14(35)6-13(34)7-16(18)48-27(28)11-2-4-12(33)5-3-11/h2-7,10,15,17,19-21,23-26,29-39,41-44H,8-9H2,1H3/t10-,15+,17+,19-,20-,21+,23-,24+,25+,26+,29+,30-,31-,32-/m0/s1. The summed E-state index contributed by atoms with van der Waals surface area (Å²) in [6.45, 7) is 0.361. The molecule has 6 rings (SSSR count). The maximum absolute atomic E-state index is 13.9. The molecule has 19 nitrogen and oxygen atoms in total. The van der Waals surface area contributed by atoms with E-state index in [1.54, 1.807) is 0 Å². The van der Waals surface area contributed by atoms with Gasteiger partial charge in [-0.05, 0) is 31.2 Å². The van der Waals surface area contributed by atoms with Crippen molar-refractivity contribution in [1.82, 2.24) is 0 Å². The fourth-order valence-corrected chi connectivity index (χ4v) is 5.97. The number of hydrogen-bond acceptors (Lipinski definition) is 19. The van der Waals surface area contributed by atoms with Crippen molar-refractivity contribution in [3.05, 3.63) is 46.6 Å². The van der Waals surface area contributed by atoms with E-state index in [-0.39, 0.29) is 22.7 Å². The molecule has 3 aliphatic rings. The summed E-state index contributed by atoms with van der Waals surface area (Å²) in [6, 6.07) is 7.26. The van der Waals surface area contributed by atoms with Crippen molar-refractivity contribution in [2.24, 2.45) is 0 Å². The predicted molar refractivity (Wildman–Crippen MR) is 165 cm³/mol. The second kappa shape index (κ2) is 14.8. The number of rotatable bonds is 8. The first-order valence-electron chi connectivity index (χ1n) is 15.8. The SMILES string of the molecule is C[C@@H]1O[C@@H](Oc2c(-c3ccc(O)cc3)oc3cc(O)cc(O)c3c2=O)[C@H](O[C@@H]2O[C@H](CO[C@@H]3OC[C@@H](O)[C@H](O)[C@H]3O)[C@@H](O)[C@H](O)[C@H]2O)[C@H](O)[C@H]1O. The summed E-state index contributed by atoms with van der Waals surface area (Å²) in [7, 11) is 0. The molecule has 3 aromatic rings. The Morgan fingerprint density at radius 2 is 1.43 bits per heavy atom. The molecule has 19 heteroatoms. The van der Waals surface area contributed by atoms with Gasteiger partial charge in [0.1, 0.15) is 83.2 Å². The lowest BCUT2D eigenvalue weighted by Crippen LogP contribution is -2.64. The molecule has 1 aromatic heterocycles. The Morgan fingerprint density at radius 1 is 0.745 bits per heavy atom. The number of phenolic OH excluding ortho intramolecular Hbond substituents is 3. The van der Waals surface area contributed by atoms with E-state index in [0.717, 1.165) is 12.1 Å². The van der Waals surface area contributed by atoms with E-state index in [9.17, 15) is 61.0 Å². The van der Waals surface area contributed by atoms with E-state index < -0.39 is 127 Å². The summed E-state index contributed by atoms with van der Waals surface area (Å²) in [5, 5.41) is 114.